The van der Waals surface area contributed by atoms with Crippen molar-refractivity contribution in [3.05, 3.63) is 65.6 Å². The second-order valence-corrected chi connectivity index (χ2v) is 8.95. The number of amides is 2. The maximum atomic E-state index is 12.7. The Morgan fingerprint density at radius 1 is 1.08 bits per heavy atom. The number of carbonyl (C=O) groups is 2. The summed E-state index contributed by atoms with van der Waals surface area (Å²) in [5, 5.41) is 23.0. The van der Waals surface area contributed by atoms with Gasteiger partial charge in [0.15, 0.2) is 11.5 Å². The first-order chi connectivity index (χ1) is 17.3. The summed E-state index contributed by atoms with van der Waals surface area (Å²) >= 11 is 0. The molecule has 0 fully saturated rings. The summed E-state index contributed by atoms with van der Waals surface area (Å²) in [6.07, 6.45) is 0.682. The summed E-state index contributed by atoms with van der Waals surface area (Å²) in [5.74, 6) is 0.0572. The minimum atomic E-state index is -1.11. The van der Waals surface area contributed by atoms with Gasteiger partial charge in [0.1, 0.15) is 12.6 Å². The number of carbonyl (C=O) groups excluding carboxylic acids is 2. The Morgan fingerprint density at radius 3 is 2.58 bits per heavy atom. The monoisotopic (exact) mass is 498 g/mol. The molecule has 0 saturated carbocycles. The molecule has 0 aliphatic carbocycles. The van der Waals surface area contributed by atoms with E-state index >= 15 is 0 Å². The van der Waals surface area contributed by atoms with Gasteiger partial charge in [-0.15, -0.1) is 10.2 Å². The van der Waals surface area contributed by atoms with Gasteiger partial charge in [0.25, 0.3) is 0 Å². The maximum Gasteiger partial charge on any atom is 0.407 e. The molecule has 2 aromatic heterocycles. The van der Waals surface area contributed by atoms with Crippen molar-refractivity contribution in [2.24, 2.45) is 5.73 Å². The molecule has 36 heavy (non-hydrogen) atoms. The van der Waals surface area contributed by atoms with Crippen LogP contribution in [-0.4, -0.2) is 57.0 Å². The molecule has 1 aromatic carbocycles. The highest BCUT2D eigenvalue weighted by molar-refractivity contribution is 5.85. The molecule has 0 saturated heterocycles. The fourth-order valence-corrected chi connectivity index (χ4v) is 3.38. The number of pyridine rings is 1. The van der Waals surface area contributed by atoms with E-state index in [0.29, 0.717) is 43.2 Å². The van der Waals surface area contributed by atoms with Gasteiger partial charge in [-0.05, 0) is 44.4 Å². The molecule has 1 atom stereocenters. The number of hydrogen-bond donors (Lipinski definition) is 4. The molecule has 11 nitrogen and oxygen atoms in total. The highest BCUT2D eigenvalue weighted by atomic mass is 16.5. The first-order valence-electron chi connectivity index (χ1n) is 11.9. The van der Waals surface area contributed by atoms with E-state index in [0.717, 1.165) is 5.56 Å². The third-order valence-electron chi connectivity index (χ3n) is 5.34. The number of fused-ring (bicyclic) bond motifs is 1. The zero-order valence-electron chi connectivity index (χ0n) is 20.6. The lowest BCUT2D eigenvalue weighted by Gasteiger charge is -2.24. The molecular weight excluding hydrogens is 464 g/mol. The molecule has 3 aromatic rings. The summed E-state index contributed by atoms with van der Waals surface area (Å²) in [5.41, 5.74) is 7.04. The van der Waals surface area contributed by atoms with Crippen LogP contribution < -0.4 is 16.4 Å². The van der Waals surface area contributed by atoms with Gasteiger partial charge in [0, 0.05) is 13.2 Å². The summed E-state index contributed by atoms with van der Waals surface area (Å²) in [7, 11) is 0. The number of ether oxygens (including phenoxy) is 2. The van der Waals surface area contributed by atoms with Crippen molar-refractivity contribution in [2.75, 3.05) is 19.8 Å². The number of unbranched alkanes of at least 4 members (excludes halogenated alkanes) is 1. The number of nitrogens with two attached hydrogens (primary N) is 1. The Labute approximate surface area is 210 Å². The van der Waals surface area contributed by atoms with Crippen molar-refractivity contribution in [1.82, 2.24) is 25.2 Å². The van der Waals surface area contributed by atoms with Crippen LogP contribution in [0.5, 0.6) is 0 Å². The summed E-state index contributed by atoms with van der Waals surface area (Å²) in [4.78, 5) is 24.8. The predicted molar refractivity (Wildman–Crippen MR) is 133 cm³/mol. The minimum absolute atomic E-state index is 0.0395. The van der Waals surface area contributed by atoms with Crippen molar-refractivity contribution in [1.29, 1.82) is 0 Å². The molecule has 0 bridgehead atoms. The second-order valence-electron chi connectivity index (χ2n) is 8.95. The fourth-order valence-electron chi connectivity index (χ4n) is 3.38. The Balaban J connectivity index is 1.78. The summed E-state index contributed by atoms with van der Waals surface area (Å²) in [6.45, 7) is 4.14. The highest BCUT2D eigenvalue weighted by Crippen LogP contribution is 2.18. The lowest BCUT2D eigenvalue weighted by atomic mass is 10.1. The number of aromatic nitrogens is 3. The normalized spacial score (nSPS) is 12.3. The van der Waals surface area contributed by atoms with Gasteiger partial charge in [0.2, 0.25) is 5.91 Å². The van der Waals surface area contributed by atoms with Crippen LogP contribution in [0.2, 0.25) is 0 Å². The maximum absolute atomic E-state index is 12.7. The zero-order chi connectivity index (χ0) is 26.0. The van der Waals surface area contributed by atoms with Crippen LogP contribution in [0, 0.1) is 0 Å². The molecule has 11 heteroatoms. The van der Waals surface area contributed by atoms with Crippen molar-refractivity contribution >= 4 is 17.6 Å². The molecule has 0 radical (unpaired) electrons. The van der Waals surface area contributed by atoms with Crippen LogP contribution >= 0.6 is 0 Å². The van der Waals surface area contributed by atoms with Gasteiger partial charge in [0.05, 0.1) is 24.4 Å². The fraction of sp³-hybridized carbons (Fsp3) is 0.440. The Morgan fingerprint density at radius 2 is 1.86 bits per heavy atom. The number of nitrogens with zero attached hydrogens (tertiary/aromatic N) is 3. The van der Waals surface area contributed by atoms with Gasteiger partial charge in [-0.25, -0.2) is 4.79 Å². The first-order valence-corrected chi connectivity index (χ1v) is 11.9. The third-order valence-corrected chi connectivity index (χ3v) is 5.34. The molecule has 5 N–H and O–H groups in total. The first kappa shape index (κ1) is 27.1. The van der Waals surface area contributed by atoms with Gasteiger partial charge in [-0.3, -0.25) is 9.20 Å². The molecule has 0 aliphatic heterocycles. The van der Waals surface area contributed by atoms with Crippen LogP contribution in [0.4, 0.5) is 4.79 Å². The van der Waals surface area contributed by atoms with E-state index < -0.39 is 17.7 Å². The molecule has 0 unspecified atom stereocenters. The van der Waals surface area contributed by atoms with E-state index in [4.69, 9.17) is 20.3 Å². The number of hydrogen-bond acceptors (Lipinski definition) is 8. The summed E-state index contributed by atoms with van der Waals surface area (Å²) < 4.78 is 13.0. The van der Waals surface area contributed by atoms with Crippen molar-refractivity contribution in [3.8, 4) is 0 Å². The third kappa shape index (κ3) is 7.74. The predicted octanol–water partition coefficient (Wildman–Crippen LogP) is 1.84. The molecule has 0 spiro atoms. The number of aliphatic hydroxyl groups excluding tert-OH is 1. The number of nitrogens with one attached hydrogen (secondary N) is 2. The van der Waals surface area contributed by atoms with Crippen LogP contribution in [-0.2, 0) is 27.5 Å². The topological polar surface area (TPSA) is 153 Å². The van der Waals surface area contributed by atoms with Crippen LogP contribution in [0.1, 0.15) is 49.8 Å². The van der Waals surface area contributed by atoms with Gasteiger partial charge in [-0.1, -0.05) is 36.4 Å². The Kier molecular flexibility index (Phi) is 9.74. The Bertz CT molecular complexity index is 1130. The van der Waals surface area contributed by atoms with E-state index in [1.54, 1.807) is 36.4 Å². The van der Waals surface area contributed by atoms with E-state index in [9.17, 15) is 9.59 Å². The second kappa shape index (κ2) is 13.0. The van der Waals surface area contributed by atoms with Crippen LogP contribution in [0.25, 0.3) is 5.65 Å². The zero-order valence-corrected chi connectivity index (χ0v) is 20.6. The number of aliphatic hydroxyl groups is 1. The average molecular weight is 499 g/mol. The minimum Gasteiger partial charge on any atom is -0.443 e. The Hall–Kier alpha value is -3.54. The number of benzene rings is 1. The van der Waals surface area contributed by atoms with Crippen LogP contribution in [0.3, 0.4) is 0 Å². The van der Waals surface area contributed by atoms with Crippen LogP contribution in [0.15, 0.2) is 48.5 Å². The molecule has 2 amide bonds. The lowest BCUT2D eigenvalue weighted by molar-refractivity contribution is -0.126. The van der Waals surface area contributed by atoms with E-state index in [1.165, 1.54) is 0 Å². The van der Waals surface area contributed by atoms with Crippen molar-refractivity contribution in [2.45, 2.75) is 51.5 Å². The molecule has 2 heterocycles. The van der Waals surface area contributed by atoms with E-state index in [-0.39, 0.29) is 25.7 Å². The molecule has 3 rings (SSSR count). The van der Waals surface area contributed by atoms with Gasteiger partial charge < -0.3 is 30.9 Å². The number of alkyl carbamates (subject to hydrolysis) is 1. The molecule has 194 valence electrons. The SMILES string of the molecule is CC(C)(N)C(=O)N[C@H](COCc1ccccc1)c1nnc2cccc(COC(=O)NCCCCO)n12. The quantitative estimate of drug-likeness (QED) is 0.260. The van der Waals surface area contributed by atoms with Gasteiger partial charge >= 0.3 is 6.09 Å². The van der Waals surface area contributed by atoms with Crippen molar-refractivity contribution < 1.29 is 24.2 Å². The van der Waals surface area contributed by atoms with Crippen molar-refractivity contribution in [3.63, 3.8) is 0 Å². The average Bonchev–Trinajstić information content (AvgIpc) is 3.29. The van der Waals surface area contributed by atoms with E-state index in [2.05, 4.69) is 20.8 Å². The standard InChI is InChI=1S/C25H34N6O5/c1-25(2,26)23(33)28-20(17-35-15-18-9-4-3-5-10-18)22-30-29-21-12-8-11-19(31(21)22)16-36-24(34)27-13-6-7-14-32/h3-5,8-12,20,32H,6-7,13-17,26H2,1-2H3,(H,27,34)(H,28,33)/t20-/m1/s1. The smallest absolute Gasteiger partial charge is 0.407 e. The highest BCUT2D eigenvalue weighted by Gasteiger charge is 2.28. The molecular formula is C25H34N6O5. The van der Waals surface area contributed by atoms with E-state index in [1.807, 2.05) is 30.3 Å². The lowest BCUT2D eigenvalue weighted by Crippen LogP contribution is -2.51. The number of rotatable bonds is 13. The molecule has 0 aliphatic rings. The summed E-state index contributed by atoms with van der Waals surface area (Å²) in [6, 6.07) is 14.4. The largest absolute Gasteiger partial charge is 0.443 e. The van der Waals surface area contributed by atoms with Gasteiger partial charge in [-0.2, -0.15) is 0 Å².